The Kier molecular flexibility index (Phi) is 3.14. The van der Waals surface area contributed by atoms with Gasteiger partial charge in [-0.25, -0.2) is 0 Å². The number of aryl methyl sites for hydroxylation is 1. The summed E-state index contributed by atoms with van der Waals surface area (Å²) >= 11 is 0. The van der Waals surface area contributed by atoms with E-state index < -0.39 is 0 Å². The summed E-state index contributed by atoms with van der Waals surface area (Å²) in [6, 6.07) is 1.75. The smallest absolute Gasteiger partial charge is 0.166 e. The van der Waals surface area contributed by atoms with E-state index in [1.54, 1.807) is 12.3 Å². The first-order valence-electron chi connectivity index (χ1n) is 4.97. The molecule has 1 aromatic heterocycles. The van der Waals surface area contributed by atoms with Gasteiger partial charge in [0.15, 0.2) is 5.78 Å². The molecule has 0 aliphatic rings. The molecule has 1 rings (SSSR count). The van der Waals surface area contributed by atoms with E-state index in [0.717, 1.165) is 17.7 Å². The molecule has 0 aromatic carbocycles. The van der Waals surface area contributed by atoms with Gasteiger partial charge in [0.25, 0.3) is 0 Å². The lowest BCUT2D eigenvalue weighted by Gasteiger charge is -2.16. The SMILES string of the molecule is Cc1occc1C(=O)CCC(C)(C)C. The van der Waals surface area contributed by atoms with Gasteiger partial charge in [0.05, 0.1) is 11.8 Å². The summed E-state index contributed by atoms with van der Waals surface area (Å²) in [5.41, 5.74) is 0.946. The van der Waals surface area contributed by atoms with Gasteiger partial charge in [-0.05, 0) is 24.8 Å². The van der Waals surface area contributed by atoms with Crippen molar-refractivity contribution in [3.8, 4) is 0 Å². The van der Waals surface area contributed by atoms with E-state index in [1.165, 1.54) is 0 Å². The molecular weight excluding hydrogens is 176 g/mol. The molecule has 0 N–H and O–H groups in total. The summed E-state index contributed by atoms with van der Waals surface area (Å²) in [4.78, 5) is 11.7. The summed E-state index contributed by atoms with van der Waals surface area (Å²) < 4.78 is 5.10. The Bertz CT molecular complexity index is 315. The van der Waals surface area contributed by atoms with E-state index in [1.807, 2.05) is 6.92 Å². The lowest BCUT2D eigenvalue weighted by molar-refractivity contribution is 0.0964. The summed E-state index contributed by atoms with van der Waals surface area (Å²) in [6.45, 7) is 8.25. The van der Waals surface area contributed by atoms with Gasteiger partial charge in [0.1, 0.15) is 5.76 Å². The quantitative estimate of drug-likeness (QED) is 0.688. The van der Waals surface area contributed by atoms with Crippen molar-refractivity contribution < 1.29 is 9.21 Å². The number of Topliss-reactive ketones (excluding diaryl/α,β-unsaturated/α-hetero) is 1. The topological polar surface area (TPSA) is 30.2 Å². The summed E-state index contributed by atoms with van der Waals surface area (Å²) in [5.74, 6) is 0.912. The largest absolute Gasteiger partial charge is 0.469 e. The van der Waals surface area contributed by atoms with E-state index in [0.29, 0.717) is 6.42 Å². The van der Waals surface area contributed by atoms with E-state index in [4.69, 9.17) is 4.42 Å². The molecule has 0 saturated carbocycles. The fraction of sp³-hybridized carbons (Fsp3) is 0.583. The highest BCUT2D eigenvalue weighted by Gasteiger charge is 2.16. The van der Waals surface area contributed by atoms with Crippen LogP contribution in [0.4, 0.5) is 0 Å². The zero-order valence-electron chi connectivity index (χ0n) is 9.39. The van der Waals surface area contributed by atoms with E-state index in [2.05, 4.69) is 20.8 Å². The highest BCUT2D eigenvalue weighted by molar-refractivity contribution is 5.96. The monoisotopic (exact) mass is 194 g/mol. The number of rotatable bonds is 3. The van der Waals surface area contributed by atoms with Crippen LogP contribution in [0.1, 0.15) is 49.7 Å². The van der Waals surface area contributed by atoms with Crippen LogP contribution in [0.15, 0.2) is 16.7 Å². The van der Waals surface area contributed by atoms with E-state index in [9.17, 15) is 4.79 Å². The van der Waals surface area contributed by atoms with Crippen molar-refractivity contribution in [3.05, 3.63) is 23.7 Å². The Morgan fingerprint density at radius 2 is 2.07 bits per heavy atom. The third-order valence-corrected chi connectivity index (χ3v) is 2.26. The molecule has 0 radical (unpaired) electrons. The molecule has 0 aliphatic heterocycles. The van der Waals surface area contributed by atoms with Gasteiger partial charge < -0.3 is 4.42 Å². The van der Waals surface area contributed by atoms with E-state index >= 15 is 0 Å². The van der Waals surface area contributed by atoms with Crippen molar-refractivity contribution in [2.24, 2.45) is 5.41 Å². The molecule has 78 valence electrons. The predicted molar refractivity (Wildman–Crippen MR) is 56.5 cm³/mol. The van der Waals surface area contributed by atoms with Crippen LogP contribution in [0, 0.1) is 12.3 Å². The average Bonchev–Trinajstić information content (AvgIpc) is 2.46. The van der Waals surface area contributed by atoms with Gasteiger partial charge in [0, 0.05) is 6.42 Å². The summed E-state index contributed by atoms with van der Waals surface area (Å²) in [7, 11) is 0. The van der Waals surface area contributed by atoms with Crippen molar-refractivity contribution in [1.82, 2.24) is 0 Å². The van der Waals surface area contributed by atoms with Gasteiger partial charge in [-0.15, -0.1) is 0 Å². The predicted octanol–water partition coefficient (Wildman–Crippen LogP) is 3.60. The molecule has 0 amide bonds. The number of hydrogen-bond donors (Lipinski definition) is 0. The van der Waals surface area contributed by atoms with Crippen LogP contribution in [0.25, 0.3) is 0 Å². The lowest BCUT2D eigenvalue weighted by atomic mass is 9.88. The highest BCUT2D eigenvalue weighted by atomic mass is 16.3. The summed E-state index contributed by atoms with van der Waals surface area (Å²) in [6.07, 6.45) is 3.08. The molecule has 0 bridgehead atoms. The van der Waals surface area contributed by atoms with Crippen LogP contribution in [0.2, 0.25) is 0 Å². The normalized spacial score (nSPS) is 11.7. The Balaban J connectivity index is 2.56. The third kappa shape index (κ3) is 3.02. The number of ketones is 1. The molecule has 0 aliphatic carbocycles. The molecule has 1 aromatic rings. The maximum atomic E-state index is 11.7. The Hall–Kier alpha value is -1.05. The first kappa shape index (κ1) is 11.0. The van der Waals surface area contributed by atoms with Gasteiger partial charge in [-0.1, -0.05) is 20.8 Å². The molecule has 2 heteroatoms. The third-order valence-electron chi connectivity index (χ3n) is 2.26. The second-order valence-electron chi connectivity index (χ2n) is 4.87. The lowest BCUT2D eigenvalue weighted by Crippen LogP contribution is -2.09. The minimum Gasteiger partial charge on any atom is -0.469 e. The van der Waals surface area contributed by atoms with Crippen LogP contribution in [0.5, 0.6) is 0 Å². The number of furan rings is 1. The maximum Gasteiger partial charge on any atom is 0.166 e. The first-order chi connectivity index (χ1) is 6.40. The maximum absolute atomic E-state index is 11.7. The zero-order valence-corrected chi connectivity index (χ0v) is 9.39. The Morgan fingerprint density at radius 3 is 2.50 bits per heavy atom. The van der Waals surface area contributed by atoms with Gasteiger partial charge in [-0.3, -0.25) is 4.79 Å². The van der Waals surface area contributed by atoms with Gasteiger partial charge in [0.2, 0.25) is 0 Å². The second kappa shape index (κ2) is 3.99. The minimum absolute atomic E-state index is 0.186. The number of carbonyl (C=O) groups is 1. The second-order valence-corrected chi connectivity index (χ2v) is 4.87. The molecule has 0 saturated heterocycles. The molecule has 14 heavy (non-hydrogen) atoms. The molecule has 1 heterocycles. The van der Waals surface area contributed by atoms with Crippen molar-refractivity contribution in [1.29, 1.82) is 0 Å². The van der Waals surface area contributed by atoms with Gasteiger partial charge in [-0.2, -0.15) is 0 Å². The van der Waals surface area contributed by atoms with Crippen molar-refractivity contribution in [2.45, 2.75) is 40.5 Å². The summed E-state index contributed by atoms with van der Waals surface area (Å²) in [5, 5.41) is 0. The molecule has 0 unspecified atom stereocenters. The van der Waals surface area contributed by atoms with Crippen LogP contribution in [-0.4, -0.2) is 5.78 Å². The van der Waals surface area contributed by atoms with Crippen molar-refractivity contribution in [2.75, 3.05) is 0 Å². The zero-order chi connectivity index (χ0) is 10.8. The van der Waals surface area contributed by atoms with Crippen LogP contribution >= 0.6 is 0 Å². The van der Waals surface area contributed by atoms with Crippen LogP contribution in [-0.2, 0) is 0 Å². The average molecular weight is 194 g/mol. The molecular formula is C12H18O2. The van der Waals surface area contributed by atoms with Gasteiger partial charge >= 0.3 is 0 Å². The minimum atomic E-state index is 0.186. The standard InChI is InChI=1S/C12H18O2/c1-9-10(6-8-14-9)11(13)5-7-12(2,3)4/h6,8H,5,7H2,1-4H3. The van der Waals surface area contributed by atoms with Crippen LogP contribution in [0.3, 0.4) is 0 Å². The fourth-order valence-corrected chi connectivity index (χ4v) is 1.30. The Labute approximate surface area is 85.3 Å². The molecule has 0 spiro atoms. The fourth-order valence-electron chi connectivity index (χ4n) is 1.30. The number of hydrogen-bond acceptors (Lipinski definition) is 2. The number of carbonyl (C=O) groups excluding carboxylic acids is 1. The molecule has 0 fully saturated rings. The molecule has 0 atom stereocenters. The first-order valence-corrected chi connectivity index (χ1v) is 4.97. The highest BCUT2D eigenvalue weighted by Crippen LogP contribution is 2.22. The Morgan fingerprint density at radius 1 is 1.43 bits per heavy atom. The van der Waals surface area contributed by atoms with Crippen molar-refractivity contribution in [3.63, 3.8) is 0 Å². The van der Waals surface area contributed by atoms with E-state index in [-0.39, 0.29) is 11.2 Å². The van der Waals surface area contributed by atoms with Crippen molar-refractivity contribution >= 4 is 5.78 Å². The van der Waals surface area contributed by atoms with Crippen LogP contribution < -0.4 is 0 Å². The molecule has 2 nitrogen and oxygen atoms in total.